The van der Waals surface area contributed by atoms with Gasteiger partial charge in [-0.05, 0) is 50.2 Å². The average molecular weight is 378 g/mol. The van der Waals surface area contributed by atoms with Crippen molar-refractivity contribution in [3.05, 3.63) is 40.8 Å². The maximum atomic E-state index is 12.7. The summed E-state index contributed by atoms with van der Waals surface area (Å²) in [6, 6.07) is 4.57. The van der Waals surface area contributed by atoms with Crippen molar-refractivity contribution in [3.8, 4) is 6.07 Å². The van der Waals surface area contributed by atoms with E-state index in [1.807, 2.05) is 25.1 Å². The van der Waals surface area contributed by atoms with E-state index in [2.05, 4.69) is 16.1 Å². The first-order valence-electron chi connectivity index (χ1n) is 10.0. The highest BCUT2D eigenvalue weighted by molar-refractivity contribution is 5.93. The summed E-state index contributed by atoms with van der Waals surface area (Å²) in [5, 5.41) is 13.7. The van der Waals surface area contributed by atoms with Crippen molar-refractivity contribution in [1.29, 1.82) is 5.26 Å². The van der Waals surface area contributed by atoms with Crippen LogP contribution in [0.15, 0.2) is 18.5 Å². The predicted octanol–water partition coefficient (Wildman–Crippen LogP) is 2.31. The lowest BCUT2D eigenvalue weighted by atomic mass is 9.94. The van der Waals surface area contributed by atoms with Crippen molar-refractivity contribution < 1.29 is 4.79 Å². The Morgan fingerprint density at radius 1 is 1.29 bits per heavy atom. The van der Waals surface area contributed by atoms with Crippen molar-refractivity contribution in [2.75, 3.05) is 25.0 Å². The van der Waals surface area contributed by atoms with Crippen molar-refractivity contribution in [1.82, 2.24) is 19.7 Å². The van der Waals surface area contributed by atoms with Gasteiger partial charge in [0.25, 0.3) is 5.91 Å². The van der Waals surface area contributed by atoms with Crippen LogP contribution < -0.4 is 4.90 Å². The van der Waals surface area contributed by atoms with Crippen molar-refractivity contribution in [3.63, 3.8) is 0 Å². The minimum atomic E-state index is 0.0103. The van der Waals surface area contributed by atoms with Gasteiger partial charge >= 0.3 is 0 Å². The number of piperidine rings is 1. The molecule has 28 heavy (non-hydrogen) atoms. The van der Waals surface area contributed by atoms with E-state index < -0.39 is 0 Å². The number of carbonyl (C=O) groups is 1. The van der Waals surface area contributed by atoms with E-state index >= 15 is 0 Å². The van der Waals surface area contributed by atoms with E-state index in [1.165, 1.54) is 18.4 Å². The van der Waals surface area contributed by atoms with E-state index in [1.54, 1.807) is 17.1 Å². The van der Waals surface area contributed by atoms with Crippen molar-refractivity contribution >= 4 is 11.7 Å². The molecule has 1 amide bonds. The third-order valence-corrected chi connectivity index (χ3v) is 5.99. The molecule has 3 heterocycles. The molecule has 7 nitrogen and oxygen atoms in total. The first kappa shape index (κ1) is 18.5. The smallest absolute Gasteiger partial charge is 0.257 e. The molecule has 146 valence electrons. The van der Waals surface area contributed by atoms with Crippen molar-refractivity contribution in [2.24, 2.45) is 7.05 Å². The second kappa shape index (κ2) is 7.63. The van der Waals surface area contributed by atoms with Crippen LogP contribution in [0.5, 0.6) is 0 Å². The number of carbonyl (C=O) groups excluding carboxylic acids is 1. The van der Waals surface area contributed by atoms with Crippen molar-refractivity contribution in [2.45, 2.75) is 44.6 Å². The van der Waals surface area contributed by atoms with Crippen LogP contribution in [0.4, 0.5) is 5.82 Å². The Bertz CT molecular complexity index is 919. The molecular weight excluding hydrogens is 352 g/mol. The van der Waals surface area contributed by atoms with E-state index in [-0.39, 0.29) is 11.9 Å². The maximum absolute atomic E-state index is 12.7. The molecule has 0 atom stereocenters. The summed E-state index contributed by atoms with van der Waals surface area (Å²) in [5.41, 5.74) is 3.70. The number of nitrogens with zero attached hydrogens (tertiary/aromatic N) is 6. The number of rotatable bonds is 3. The molecule has 4 rings (SSSR count). The highest BCUT2D eigenvalue weighted by Gasteiger charge is 2.28. The standard InChI is InChI=1S/C21H26N6O/c1-25-14-17(13-23-25)21(28)26(2)18-7-9-27(10-8-18)20-16(12-22)11-15-5-3-4-6-19(15)24-20/h11,13-14,18H,3-10H2,1-2H3. The molecule has 2 aromatic rings. The van der Waals surface area contributed by atoms with Gasteiger partial charge in [-0.25, -0.2) is 4.98 Å². The molecule has 0 radical (unpaired) electrons. The molecule has 1 saturated heterocycles. The second-order valence-electron chi connectivity index (χ2n) is 7.82. The van der Waals surface area contributed by atoms with Gasteiger partial charge in [0.1, 0.15) is 11.9 Å². The monoisotopic (exact) mass is 378 g/mol. The predicted molar refractivity (Wildman–Crippen MR) is 106 cm³/mol. The van der Waals surface area contributed by atoms with Gasteiger partial charge < -0.3 is 9.80 Å². The van der Waals surface area contributed by atoms with Gasteiger partial charge in [0.05, 0.1) is 17.3 Å². The van der Waals surface area contributed by atoms with Gasteiger partial charge in [-0.3, -0.25) is 9.48 Å². The summed E-state index contributed by atoms with van der Waals surface area (Å²) in [6.45, 7) is 1.60. The van der Waals surface area contributed by atoms with Gasteiger partial charge in [-0.15, -0.1) is 0 Å². The lowest BCUT2D eigenvalue weighted by molar-refractivity contribution is 0.0709. The molecule has 7 heteroatoms. The number of fused-ring (bicyclic) bond motifs is 1. The Kier molecular flexibility index (Phi) is 5.03. The largest absolute Gasteiger partial charge is 0.355 e. The molecule has 2 aliphatic rings. The number of aryl methyl sites for hydroxylation is 3. The minimum Gasteiger partial charge on any atom is -0.355 e. The zero-order chi connectivity index (χ0) is 19.7. The van der Waals surface area contributed by atoms with Crippen LogP contribution in [0.2, 0.25) is 0 Å². The fourth-order valence-electron chi connectivity index (χ4n) is 4.31. The van der Waals surface area contributed by atoms with E-state index in [0.717, 1.165) is 50.3 Å². The van der Waals surface area contributed by atoms with Crippen LogP contribution in [-0.2, 0) is 19.9 Å². The molecule has 0 aromatic carbocycles. The lowest BCUT2D eigenvalue weighted by Gasteiger charge is -2.37. The number of amides is 1. The van der Waals surface area contributed by atoms with Crippen LogP contribution in [0, 0.1) is 11.3 Å². The highest BCUT2D eigenvalue weighted by Crippen LogP contribution is 2.29. The molecule has 0 saturated carbocycles. The Morgan fingerprint density at radius 3 is 2.71 bits per heavy atom. The third kappa shape index (κ3) is 3.47. The first-order chi connectivity index (χ1) is 13.6. The van der Waals surface area contributed by atoms with Gasteiger partial charge in [-0.2, -0.15) is 10.4 Å². The van der Waals surface area contributed by atoms with Gasteiger partial charge in [0, 0.05) is 45.1 Å². The molecule has 0 unspecified atom stereocenters. The lowest BCUT2D eigenvalue weighted by Crippen LogP contribution is -2.46. The fourth-order valence-corrected chi connectivity index (χ4v) is 4.31. The summed E-state index contributed by atoms with van der Waals surface area (Å²) < 4.78 is 1.65. The molecule has 1 fully saturated rings. The minimum absolute atomic E-state index is 0.0103. The molecule has 1 aliphatic heterocycles. The number of pyridine rings is 1. The zero-order valence-electron chi connectivity index (χ0n) is 16.6. The summed E-state index contributed by atoms with van der Waals surface area (Å²) in [5.74, 6) is 0.832. The average Bonchev–Trinajstić information content (AvgIpc) is 3.18. The number of anilines is 1. The number of hydrogen-bond donors (Lipinski definition) is 0. The van der Waals surface area contributed by atoms with Gasteiger partial charge in [0.2, 0.25) is 0 Å². The molecular formula is C21H26N6O. The molecule has 1 aliphatic carbocycles. The Labute approximate surface area is 165 Å². The first-order valence-corrected chi connectivity index (χ1v) is 10.0. The number of nitriles is 1. The van der Waals surface area contributed by atoms with E-state index in [9.17, 15) is 10.1 Å². The topological polar surface area (TPSA) is 78.1 Å². The molecule has 0 bridgehead atoms. The quantitative estimate of drug-likeness (QED) is 0.819. The Balaban J connectivity index is 1.45. The molecule has 2 aromatic heterocycles. The van der Waals surface area contributed by atoms with Crippen LogP contribution in [-0.4, -0.2) is 51.8 Å². The fraction of sp³-hybridized carbons (Fsp3) is 0.524. The number of aromatic nitrogens is 3. The normalized spacial score (nSPS) is 17.1. The van der Waals surface area contributed by atoms with Crippen LogP contribution in [0.3, 0.4) is 0 Å². The summed E-state index contributed by atoms with van der Waals surface area (Å²) in [6.07, 6.45) is 9.50. The highest BCUT2D eigenvalue weighted by atomic mass is 16.2. The van der Waals surface area contributed by atoms with Crippen LogP contribution >= 0.6 is 0 Å². The summed E-state index contributed by atoms with van der Waals surface area (Å²) in [4.78, 5) is 21.6. The summed E-state index contributed by atoms with van der Waals surface area (Å²) >= 11 is 0. The Hall–Kier alpha value is -2.88. The van der Waals surface area contributed by atoms with Crippen LogP contribution in [0.25, 0.3) is 0 Å². The molecule has 0 N–H and O–H groups in total. The maximum Gasteiger partial charge on any atom is 0.257 e. The van der Waals surface area contributed by atoms with Gasteiger partial charge in [-0.1, -0.05) is 0 Å². The van der Waals surface area contributed by atoms with Gasteiger partial charge in [0.15, 0.2) is 0 Å². The summed E-state index contributed by atoms with van der Waals surface area (Å²) in [7, 11) is 3.68. The Morgan fingerprint density at radius 2 is 2.04 bits per heavy atom. The van der Waals surface area contributed by atoms with Crippen LogP contribution in [0.1, 0.15) is 52.9 Å². The van der Waals surface area contributed by atoms with E-state index in [4.69, 9.17) is 4.98 Å². The third-order valence-electron chi connectivity index (χ3n) is 5.99. The SMILES string of the molecule is CN(C(=O)c1cnn(C)c1)C1CCN(c2nc3c(cc2C#N)CCCC3)CC1. The number of hydrogen-bond acceptors (Lipinski definition) is 5. The zero-order valence-corrected chi connectivity index (χ0v) is 16.6. The van der Waals surface area contributed by atoms with E-state index in [0.29, 0.717) is 11.1 Å². The second-order valence-corrected chi connectivity index (χ2v) is 7.82. The molecule has 0 spiro atoms.